The van der Waals surface area contributed by atoms with Gasteiger partial charge in [-0.25, -0.2) is 14.4 Å². The summed E-state index contributed by atoms with van der Waals surface area (Å²) < 4.78 is 14.6. The molecule has 4 N–H and O–H groups in total. The number of nitrogens with two attached hydrogens (primary N) is 1. The lowest BCUT2D eigenvalue weighted by Crippen LogP contribution is -2.42. The van der Waals surface area contributed by atoms with Gasteiger partial charge in [0.2, 0.25) is 0 Å². The molecule has 28 heavy (non-hydrogen) atoms. The Morgan fingerprint density at radius 3 is 2.93 bits per heavy atom. The number of anilines is 1. The van der Waals surface area contributed by atoms with Crippen LogP contribution in [0.4, 0.5) is 10.1 Å². The van der Waals surface area contributed by atoms with Crippen molar-refractivity contribution in [2.24, 2.45) is 16.6 Å². The molecule has 3 rings (SSSR count). The molecule has 9 heteroatoms. The molecule has 2 heterocycles. The molecule has 144 valence electrons. The number of aliphatic hydroxyl groups is 1. The number of aliphatic imine (C=N–C) groups is 1. The molecule has 2 atom stereocenters. The first-order valence-corrected chi connectivity index (χ1v) is 9.44. The number of benzene rings is 1. The predicted octanol–water partition coefficient (Wildman–Crippen LogP) is 2.23. The average molecular weight is 399 g/mol. The van der Waals surface area contributed by atoms with E-state index in [2.05, 4.69) is 15.3 Å². The zero-order chi connectivity index (χ0) is 20.3. The van der Waals surface area contributed by atoms with Crippen molar-refractivity contribution in [2.45, 2.75) is 12.5 Å². The zero-order valence-corrected chi connectivity index (χ0v) is 15.8. The van der Waals surface area contributed by atoms with Crippen molar-refractivity contribution >= 4 is 28.5 Å². The third kappa shape index (κ3) is 3.69. The van der Waals surface area contributed by atoms with Crippen LogP contribution in [0.25, 0.3) is 0 Å². The van der Waals surface area contributed by atoms with Gasteiger partial charge < -0.3 is 16.2 Å². The van der Waals surface area contributed by atoms with Gasteiger partial charge in [0.05, 0.1) is 12.2 Å². The van der Waals surface area contributed by atoms with Crippen LogP contribution in [-0.2, 0) is 5.54 Å². The number of pyridine rings is 1. The van der Waals surface area contributed by atoms with Crippen LogP contribution in [0.15, 0.2) is 41.5 Å². The van der Waals surface area contributed by atoms with Crippen LogP contribution < -0.4 is 11.1 Å². The quantitative estimate of drug-likeness (QED) is 0.724. The number of carbonyl (C=O) groups is 1. The van der Waals surface area contributed by atoms with Gasteiger partial charge >= 0.3 is 0 Å². The Bertz CT molecular complexity index is 973. The average Bonchev–Trinajstić information content (AvgIpc) is 2.71. The Morgan fingerprint density at radius 2 is 2.29 bits per heavy atom. The van der Waals surface area contributed by atoms with Crippen LogP contribution >= 0.6 is 11.8 Å². The first-order valence-electron chi connectivity index (χ1n) is 8.46. The van der Waals surface area contributed by atoms with E-state index >= 15 is 0 Å². The largest absolute Gasteiger partial charge is 0.393 e. The highest BCUT2D eigenvalue weighted by molar-refractivity contribution is 8.13. The van der Waals surface area contributed by atoms with E-state index in [0.717, 1.165) is 0 Å². The molecule has 1 aliphatic heterocycles. The minimum atomic E-state index is -1.22. The maximum atomic E-state index is 14.6. The highest BCUT2D eigenvalue weighted by Crippen LogP contribution is 2.41. The summed E-state index contributed by atoms with van der Waals surface area (Å²) in [5, 5.41) is 21.8. The lowest BCUT2D eigenvalue weighted by Gasteiger charge is -2.38. The molecule has 0 aliphatic carbocycles. The Hall–Kier alpha value is -2.96. The highest BCUT2D eigenvalue weighted by Gasteiger charge is 2.42. The molecule has 1 amide bonds. The van der Waals surface area contributed by atoms with E-state index in [4.69, 9.17) is 11.0 Å². The van der Waals surface area contributed by atoms with Gasteiger partial charge in [0.25, 0.3) is 5.91 Å². The molecule has 1 aliphatic rings. The minimum Gasteiger partial charge on any atom is -0.393 e. The van der Waals surface area contributed by atoms with Crippen molar-refractivity contribution in [1.82, 2.24) is 4.98 Å². The minimum absolute atomic E-state index is 0.117. The Balaban J connectivity index is 1.94. The number of thioether (sulfide) groups is 1. The number of carbonyl (C=O) groups excluding carboxylic acids is 1. The summed E-state index contributed by atoms with van der Waals surface area (Å²) in [4.78, 5) is 20.7. The van der Waals surface area contributed by atoms with E-state index in [0.29, 0.717) is 17.0 Å². The molecule has 1 aromatic heterocycles. The van der Waals surface area contributed by atoms with Gasteiger partial charge in [0, 0.05) is 23.2 Å². The number of amides is 1. The molecule has 0 spiro atoms. The monoisotopic (exact) mass is 399 g/mol. The Labute approximate surface area is 165 Å². The van der Waals surface area contributed by atoms with Crippen molar-refractivity contribution in [3.05, 3.63) is 59.2 Å². The topological polar surface area (TPSA) is 124 Å². The molecular formula is C19H18FN5O2S. The van der Waals surface area contributed by atoms with E-state index < -0.39 is 23.9 Å². The standard InChI is InChI=1S/C19H18FN5O2S/c1-11-9-28-18(22)25-19(11,10-26)14-6-13(3-4-15(14)20)24-17(27)16-5-2-12(7-21)8-23-16/h2-6,8,11,26H,9-10H2,1H3,(H2,22,25)(H,24,27)/t11-,19-/m0/s1. The first-order chi connectivity index (χ1) is 13.4. The Morgan fingerprint density at radius 1 is 1.50 bits per heavy atom. The van der Waals surface area contributed by atoms with Crippen molar-refractivity contribution < 1.29 is 14.3 Å². The van der Waals surface area contributed by atoms with E-state index in [1.54, 1.807) is 0 Å². The van der Waals surface area contributed by atoms with Gasteiger partial charge in [-0.05, 0) is 36.2 Å². The number of nitrogens with one attached hydrogen (secondary N) is 1. The second kappa shape index (κ2) is 7.96. The van der Waals surface area contributed by atoms with E-state index in [1.165, 1.54) is 48.3 Å². The highest BCUT2D eigenvalue weighted by atomic mass is 32.2. The smallest absolute Gasteiger partial charge is 0.274 e. The van der Waals surface area contributed by atoms with Crippen LogP contribution in [0.2, 0.25) is 0 Å². The summed E-state index contributed by atoms with van der Waals surface area (Å²) >= 11 is 1.35. The lowest BCUT2D eigenvalue weighted by molar-refractivity contribution is 0.102. The number of hydrogen-bond donors (Lipinski definition) is 3. The summed E-state index contributed by atoms with van der Waals surface area (Å²) in [6.45, 7) is 1.45. The van der Waals surface area contributed by atoms with Crippen LogP contribution in [0, 0.1) is 23.1 Å². The molecule has 0 bridgehead atoms. The molecule has 0 saturated heterocycles. The third-order valence-electron chi connectivity index (χ3n) is 4.66. The molecule has 0 unspecified atom stereocenters. The van der Waals surface area contributed by atoms with Gasteiger partial charge in [-0.2, -0.15) is 5.26 Å². The number of rotatable bonds is 4. The summed E-state index contributed by atoms with van der Waals surface area (Å²) in [6, 6.07) is 8.93. The van der Waals surface area contributed by atoms with Crippen molar-refractivity contribution in [2.75, 3.05) is 17.7 Å². The molecule has 7 nitrogen and oxygen atoms in total. The van der Waals surface area contributed by atoms with Gasteiger partial charge in [-0.15, -0.1) is 0 Å². The second-order valence-electron chi connectivity index (χ2n) is 6.44. The van der Waals surface area contributed by atoms with Crippen LogP contribution in [0.3, 0.4) is 0 Å². The number of hydrogen-bond acceptors (Lipinski definition) is 7. The number of aromatic nitrogens is 1. The van der Waals surface area contributed by atoms with Gasteiger partial charge in [0.15, 0.2) is 5.17 Å². The van der Waals surface area contributed by atoms with Crippen LogP contribution in [0.1, 0.15) is 28.5 Å². The van der Waals surface area contributed by atoms with E-state index in [9.17, 15) is 14.3 Å². The van der Waals surface area contributed by atoms with Gasteiger partial charge in [-0.1, -0.05) is 18.7 Å². The summed E-state index contributed by atoms with van der Waals surface area (Å²) in [7, 11) is 0. The van der Waals surface area contributed by atoms with E-state index in [-0.39, 0.29) is 22.3 Å². The molecule has 1 aromatic carbocycles. The van der Waals surface area contributed by atoms with Crippen molar-refractivity contribution in [3.8, 4) is 6.07 Å². The summed E-state index contributed by atoms with van der Waals surface area (Å²) in [5.41, 5.74) is 5.57. The van der Waals surface area contributed by atoms with E-state index in [1.807, 2.05) is 13.0 Å². The van der Waals surface area contributed by atoms with Crippen molar-refractivity contribution in [3.63, 3.8) is 0 Å². The number of nitrogens with zero attached hydrogens (tertiary/aromatic N) is 3. The molecular weight excluding hydrogens is 381 g/mol. The fourth-order valence-electron chi connectivity index (χ4n) is 3.01. The Kier molecular flexibility index (Phi) is 5.63. The fourth-order valence-corrected chi connectivity index (χ4v) is 3.94. The lowest BCUT2D eigenvalue weighted by atomic mass is 9.80. The normalized spacial score (nSPS) is 21.5. The number of nitriles is 1. The van der Waals surface area contributed by atoms with Crippen molar-refractivity contribution in [1.29, 1.82) is 5.26 Å². The van der Waals surface area contributed by atoms with Crippen LogP contribution in [-0.4, -0.2) is 33.5 Å². The predicted molar refractivity (Wildman–Crippen MR) is 105 cm³/mol. The first kappa shape index (κ1) is 19.8. The SMILES string of the molecule is C[C@H]1CSC(N)=N[C@]1(CO)c1cc(NC(=O)c2ccc(C#N)cn2)ccc1F. The summed E-state index contributed by atoms with van der Waals surface area (Å²) in [5.74, 6) is -0.634. The molecule has 0 saturated carbocycles. The zero-order valence-electron chi connectivity index (χ0n) is 15.0. The molecule has 0 fully saturated rings. The number of amidine groups is 1. The van der Waals surface area contributed by atoms with Gasteiger partial charge in [-0.3, -0.25) is 4.79 Å². The second-order valence-corrected chi connectivity index (χ2v) is 7.48. The number of aliphatic hydroxyl groups excluding tert-OH is 1. The molecule has 0 radical (unpaired) electrons. The fraction of sp³-hybridized carbons (Fsp3) is 0.263. The number of halogens is 1. The summed E-state index contributed by atoms with van der Waals surface area (Å²) in [6.07, 6.45) is 1.30. The molecule has 2 aromatic rings. The maximum absolute atomic E-state index is 14.6. The third-order valence-corrected chi connectivity index (χ3v) is 5.72. The maximum Gasteiger partial charge on any atom is 0.274 e. The van der Waals surface area contributed by atoms with Gasteiger partial charge in [0.1, 0.15) is 23.1 Å². The van der Waals surface area contributed by atoms with Crippen LogP contribution in [0.5, 0.6) is 0 Å².